The summed E-state index contributed by atoms with van der Waals surface area (Å²) in [6.45, 7) is 5.35. The molecule has 0 bridgehead atoms. The van der Waals surface area contributed by atoms with Crippen molar-refractivity contribution in [2.45, 2.75) is 32.9 Å². The van der Waals surface area contributed by atoms with Gasteiger partial charge in [0.05, 0.1) is 13.2 Å². The molecule has 2 aromatic carbocycles. The van der Waals surface area contributed by atoms with E-state index in [4.69, 9.17) is 9.26 Å². The van der Waals surface area contributed by atoms with Crippen LogP contribution in [0.3, 0.4) is 0 Å². The summed E-state index contributed by atoms with van der Waals surface area (Å²) in [5, 5.41) is 7.17. The van der Waals surface area contributed by atoms with Gasteiger partial charge < -0.3 is 14.6 Å². The first-order valence-electron chi connectivity index (χ1n) is 10.9. The van der Waals surface area contributed by atoms with Crippen LogP contribution in [-0.2, 0) is 17.9 Å². The van der Waals surface area contributed by atoms with E-state index in [1.54, 1.807) is 0 Å². The van der Waals surface area contributed by atoms with E-state index in [0.717, 1.165) is 47.3 Å². The lowest BCUT2D eigenvalue weighted by Gasteiger charge is -2.30. The van der Waals surface area contributed by atoms with Crippen LogP contribution in [0.5, 0.6) is 5.75 Å². The summed E-state index contributed by atoms with van der Waals surface area (Å²) < 4.78 is 11.9. The van der Waals surface area contributed by atoms with Crippen LogP contribution in [0.15, 0.2) is 57.5 Å². The van der Waals surface area contributed by atoms with E-state index in [9.17, 15) is 4.79 Å². The van der Waals surface area contributed by atoms with Gasteiger partial charge in [-0.15, -0.1) is 0 Å². The standard InChI is InChI=1S/C24H27BrN4O3/c1-2-31-21-8-3-5-17(13-21)15-26-24(30)18-9-11-29(12-10-18)16-22-27-23(28-32-22)19-6-4-7-20(25)14-19/h3-8,13-14,18H,2,9-12,15-16H2,1H3,(H,26,30). The van der Waals surface area contributed by atoms with Crippen LogP contribution in [0.4, 0.5) is 0 Å². The molecule has 0 spiro atoms. The first kappa shape index (κ1) is 22.5. The molecule has 1 saturated heterocycles. The molecule has 0 aliphatic carbocycles. The van der Waals surface area contributed by atoms with Crippen molar-refractivity contribution in [2.75, 3.05) is 19.7 Å². The quantitative estimate of drug-likeness (QED) is 0.494. The van der Waals surface area contributed by atoms with E-state index in [1.165, 1.54) is 0 Å². The molecule has 7 nitrogen and oxygen atoms in total. The number of amides is 1. The molecule has 1 amide bonds. The molecular weight excluding hydrogens is 472 g/mol. The number of nitrogens with one attached hydrogen (secondary N) is 1. The van der Waals surface area contributed by atoms with E-state index in [2.05, 4.69) is 36.3 Å². The Balaban J connectivity index is 1.24. The third-order valence-corrected chi connectivity index (χ3v) is 6.04. The second-order valence-electron chi connectivity index (χ2n) is 7.87. The lowest BCUT2D eigenvalue weighted by molar-refractivity contribution is -0.126. The molecule has 0 saturated carbocycles. The lowest BCUT2D eigenvalue weighted by atomic mass is 9.96. The number of aromatic nitrogens is 2. The second-order valence-corrected chi connectivity index (χ2v) is 8.79. The van der Waals surface area contributed by atoms with Crippen LogP contribution in [0.2, 0.25) is 0 Å². The van der Waals surface area contributed by atoms with Crippen LogP contribution in [0, 0.1) is 5.92 Å². The molecule has 32 heavy (non-hydrogen) atoms. The van der Waals surface area contributed by atoms with Gasteiger partial charge in [0, 0.05) is 22.5 Å². The molecule has 1 N–H and O–H groups in total. The number of carbonyl (C=O) groups excluding carboxylic acids is 1. The van der Waals surface area contributed by atoms with Gasteiger partial charge in [0.2, 0.25) is 17.6 Å². The Morgan fingerprint density at radius 3 is 2.81 bits per heavy atom. The van der Waals surface area contributed by atoms with Gasteiger partial charge >= 0.3 is 0 Å². The molecule has 168 valence electrons. The Morgan fingerprint density at radius 2 is 2.03 bits per heavy atom. The Hall–Kier alpha value is -2.71. The number of likely N-dealkylation sites (tertiary alicyclic amines) is 1. The SMILES string of the molecule is CCOc1cccc(CNC(=O)C2CCN(Cc3nc(-c4cccc(Br)c4)no3)CC2)c1. The molecule has 3 aromatic rings. The fraction of sp³-hybridized carbons (Fsp3) is 0.375. The van der Waals surface area contributed by atoms with Gasteiger partial charge in [0.25, 0.3) is 0 Å². The van der Waals surface area contributed by atoms with Crippen LogP contribution < -0.4 is 10.1 Å². The zero-order chi connectivity index (χ0) is 22.3. The third kappa shape index (κ3) is 5.95. The molecule has 1 aliphatic rings. The minimum Gasteiger partial charge on any atom is -0.494 e. The fourth-order valence-electron chi connectivity index (χ4n) is 3.85. The smallest absolute Gasteiger partial charge is 0.241 e. The molecule has 1 aliphatic heterocycles. The van der Waals surface area contributed by atoms with Crippen molar-refractivity contribution in [3.8, 4) is 17.1 Å². The van der Waals surface area contributed by atoms with Gasteiger partial charge in [-0.3, -0.25) is 9.69 Å². The number of benzene rings is 2. The summed E-state index contributed by atoms with van der Waals surface area (Å²) in [5.74, 6) is 2.15. The highest BCUT2D eigenvalue weighted by Gasteiger charge is 2.26. The number of rotatable bonds is 8. The van der Waals surface area contributed by atoms with Gasteiger partial charge in [-0.25, -0.2) is 0 Å². The number of carbonyl (C=O) groups is 1. The van der Waals surface area contributed by atoms with E-state index in [0.29, 0.717) is 31.4 Å². The van der Waals surface area contributed by atoms with Gasteiger partial charge in [0.15, 0.2) is 0 Å². The highest BCUT2D eigenvalue weighted by Crippen LogP contribution is 2.23. The van der Waals surface area contributed by atoms with E-state index in [1.807, 2.05) is 55.5 Å². The molecule has 0 unspecified atom stereocenters. The van der Waals surface area contributed by atoms with Crippen LogP contribution >= 0.6 is 15.9 Å². The van der Waals surface area contributed by atoms with Gasteiger partial charge in [-0.1, -0.05) is 45.4 Å². The first-order chi connectivity index (χ1) is 15.6. The minimum atomic E-state index is 0.0289. The molecule has 1 aromatic heterocycles. The molecule has 0 radical (unpaired) electrons. The van der Waals surface area contributed by atoms with Gasteiger partial charge in [-0.2, -0.15) is 4.98 Å². The van der Waals surface area contributed by atoms with Crippen molar-refractivity contribution >= 4 is 21.8 Å². The zero-order valence-corrected chi connectivity index (χ0v) is 19.7. The van der Waals surface area contributed by atoms with Gasteiger partial charge in [0.1, 0.15) is 5.75 Å². The molecule has 1 fully saturated rings. The predicted octanol–water partition coefficient (Wildman–Crippen LogP) is 4.43. The van der Waals surface area contributed by atoms with Crippen molar-refractivity contribution < 1.29 is 14.1 Å². The van der Waals surface area contributed by atoms with Crippen LogP contribution in [0.25, 0.3) is 11.4 Å². The summed E-state index contributed by atoms with van der Waals surface area (Å²) in [7, 11) is 0. The maximum atomic E-state index is 12.6. The summed E-state index contributed by atoms with van der Waals surface area (Å²) in [6.07, 6.45) is 1.63. The molecular formula is C24H27BrN4O3. The number of hydrogen-bond acceptors (Lipinski definition) is 6. The molecule has 2 heterocycles. The number of halogens is 1. The highest BCUT2D eigenvalue weighted by molar-refractivity contribution is 9.10. The van der Waals surface area contributed by atoms with Crippen molar-refractivity contribution in [3.05, 3.63) is 64.5 Å². The summed E-state index contributed by atoms with van der Waals surface area (Å²) in [5.41, 5.74) is 1.95. The Morgan fingerprint density at radius 1 is 1.22 bits per heavy atom. The van der Waals surface area contributed by atoms with Crippen LogP contribution in [0.1, 0.15) is 31.2 Å². The lowest BCUT2D eigenvalue weighted by Crippen LogP contribution is -2.40. The molecule has 8 heteroatoms. The summed E-state index contributed by atoms with van der Waals surface area (Å²) in [6, 6.07) is 15.7. The monoisotopic (exact) mass is 498 g/mol. The van der Waals surface area contributed by atoms with E-state index >= 15 is 0 Å². The number of hydrogen-bond donors (Lipinski definition) is 1. The average molecular weight is 499 g/mol. The first-order valence-corrected chi connectivity index (χ1v) is 11.7. The van der Waals surface area contributed by atoms with Crippen molar-refractivity contribution in [2.24, 2.45) is 5.92 Å². The van der Waals surface area contributed by atoms with Crippen molar-refractivity contribution in [1.82, 2.24) is 20.4 Å². The topological polar surface area (TPSA) is 80.5 Å². The summed E-state index contributed by atoms with van der Waals surface area (Å²) in [4.78, 5) is 19.4. The Labute approximate surface area is 196 Å². The third-order valence-electron chi connectivity index (χ3n) is 5.54. The van der Waals surface area contributed by atoms with E-state index < -0.39 is 0 Å². The zero-order valence-electron chi connectivity index (χ0n) is 18.1. The minimum absolute atomic E-state index is 0.0289. The van der Waals surface area contributed by atoms with Crippen molar-refractivity contribution in [3.63, 3.8) is 0 Å². The maximum absolute atomic E-state index is 12.6. The highest BCUT2D eigenvalue weighted by atomic mass is 79.9. The largest absolute Gasteiger partial charge is 0.494 e. The number of ether oxygens (including phenoxy) is 1. The van der Waals surface area contributed by atoms with Gasteiger partial charge in [-0.05, 0) is 62.7 Å². The second kappa shape index (κ2) is 10.7. The average Bonchev–Trinajstić information content (AvgIpc) is 3.27. The summed E-state index contributed by atoms with van der Waals surface area (Å²) >= 11 is 3.46. The molecule has 4 rings (SSSR count). The van der Waals surface area contributed by atoms with Crippen LogP contribution in [-0.4, -0.2) is 40.6 Å². The normalized spacial score (nSPS) is 14.9. The number of piperidine rings is 1. The van der Waals surface area contributed by atoms with Crippen molar-refractivity contribution in [1.29, 1.82) is 0 Å². The maximum Gasteiger partial charge on any atom is 0.241 e. The Bertz CT molecular complexity index is 1050. The molecule has 0 atom stereocenters. The number of nitrogens with zero attached hydrogens (tertiary/aromatic N) is 3. The van der Waals surface area contributed by atoms with E-state index in [-0.39, 0.29) is 11.8 Å². The Kier molecular flexibility index (Phi) is 7.55. The predicted molar refractivity (Wildman–Crippen MR) is 125 cm³/mol. The fourth-order valence-corrected chi connectivity index (χ4v) is 4.25.